The third-order valence-corrected chi connectivity index (χ3v) is 7.56. The highest BCUT2D eigenvalue weighted by Gasteiger charge is 2.14. The summed E-state index contributed by atoms with van der Waals surface area (Å²) in [5.74, 6) is 0.779. The summed E-state index contributed by atoms with van der Waals surface area (Å²) in [6.45, 7) is 1.17. The Kier molecular flexibility index (Phi) is 6.33. The Balaban J connectivity index is 1.31. The van der Waals surface area contributed by atoms with Crippen LogP contribution in [0.4, 0.5) is 0 Å². The number of ether oxygens (including phenoxy) is 1. The van der Waals surface area contributed by atoms with Crippen LogP contribution >= 0.6 is 23.4 Å². The first kappa shape index (κ1) is 22.7. The van der Waals surface area contributed by atoms with Gasteiger partial charge >= 0.3 is 0 Å². The van der Waals surface area contributed by atoms with Crippen molar-refractivity contribution in [2.24, 2.45) is 0 Å². The zero-order valence-electron chi connectivity index (χ0n) is 19.3. The Morgan fingerprint density at radius 1 is 0.750 bits per heavy atom. The van der Waals surface area contributed by atoms with Gasteiger partial charge in [0.25, 0.3) is 0 Å². The molecule has 4 nitrogen and oxygen atoms in total. The average molecular weight is 508 g/mol. The van der Waals surface area contributed by atoms with Crippen molar-refractivity contribution in [3.05, 3.63) is 126 Å². The number of pyridine rings is 1. The van der Waals surface area contributed by atoms with E-state index in [0.29, 0.717) is 13.2 Å². The number of hydrogen-bond acceptors (Lipinski definition) is 4. The molecule has 36 heavy (non-hydrogen) atoms. The van der Waals surface area contributed by atoms with Crippen LogP contribution in [0.3, 0.4) is 0 Å². The summed E-state index contributed by atoms with van der Waals surface area (Å²) in [5.41, 5.74) is 5.09. The minimum Gasteiger partial charge on any atom is -0.487 e. The fourth-order valence-corrected chi connectivity index (χ4v) is 5.50. The van der Waals surface area contributed by atoms with E-state index in [4.69, 9.17) is 21.3 Å². The van der Waals surface area contributed by atoms with E-state index in [1.807, 2.05) is 67.1 Å². The van der Waals surface area contributed by atoms with Crippen LogP contribution in [0.1, 0.15) is 11.1 Å². The van der Waals surface area contributed by atoms with E-state index in [2.05, 4.69) is 52.0 Å². The lowest BCUT2D eigenvalue weighted by Crippen LogP contribution is -1.98. The third-order valence-electron chi connectivity index (χ3n) is 6.06. The maximum Gasteiger partial charge on any atom is 0.146 e. The second-order valence-corrected chi connectivity index (χ2v) is 9.92. The molecule has 2 aromatic heterocycles. The van der Waals surface area contributed by atoms with E-state index < -0.39 is 0 Å². The molecule has 0 atom stereocenters. The standard InChI is InChI=1S/C30H22ClN3OS/c31-24-12-5-4-10-22(24)18-34-20-33-30-25(34)13-6-14-28(30)36-27-16-15-26(29-23(27)11-7-17-32-29)35-19-21-8-2-1-3-9-21/h1-17,20H,18-19H2. The van der Waals surface area contributed by atoms with Crippen molar-refractivity contribution in [1.82, 2.24) is 14.5 Å². The molecule has 0 bridgehead atoms. The summed E-state index contributed by atoms with van der Waals surface area (Å²) < 4.78 is 8.29. The Morgan fingerprint density at radius 2 is 1.61 bits per heavy atom. The molecule has 6 heteroatoms. The Morgan fingerprint density at radius 3 is 2.50 bits per heavy atom. The Hall–Kier alpha value is -3.80. The van der Waals surface area contributed by atoms with Crippen molar-refractivity contribution < 1.29 is 4.74 Å². The van der Waals surface area contributed by atoms with Gasteiger partial charge in [-0.2, -0.15) is 0 Å². The number of benzene rings is 4. The summed E-state index contributed by atoms with van der Waals surface area (Å²) in [7, 11) is 0. The van der Waals surface area contributed by atoms with Crippen molar-refractivity contribution in [2.75, 3.05) is 0 Å². The second-order valence-electron chi connectivity index (χ2n) is 8.43. The molecular weight excluding hydrogens is 486 g/mol. The fourth-order valence-electron chi connectivity index (χ4n) is 4.26. The van der Waals surface area contributed by atoms with Crippen LogP contribution < -0.4 is 4.74 Å². The van der Waals surface area contributed by atoms with Crippen molar-refractivity contribution >= 4 is 45.3 Å². The highest BCUT2D eigenvalue weighted by atomic mass is 35.5. The van der Waals surface area contributed by atoms with Gasteiger partial charge in [-0.1, -0.05) is 78.0 Å². The highest BCUT2D eigenvalue weighted by molar-refractivity contribution is 7.99. The van der Waals surface area contributed by atoms with Gasteiger partial charge in [-0.05, 0) is 53.6 Å². The quantitative estimate of drug-likeness (QED) is 0.219. The van der Waals surface area contributed by atoms with Crippen LogP contribution in [-0.2, 0) is 13.2 Å². The lowest BCUT2D eigenvalue weighted by Gasteiger charge is -2.12. The molecule has 0 N–H and O–H groups in total. The number of halogens is 1. The van der Waals surface area contributed by atoms with Gasteiger partial charge in [0, 0.05) is 26.4 Å². The zero-order valence-corrected chi connectivity index (χ0v) is 20.9. The van der Waals surface area contributed by atoms with Gasteiger partial charge in [0.1, 0.15) is 23.4 Å². The number of fused-ring (bicyclic) bond motifs is 2. The lowest BCUT2D eigenvalue weighted by atomic mass is 10.2. The first-order chi connectivity index (χ1) is 17.8. The highest BCUT2D eigenvalue weighted by Crippen LogP contribution is 2.39. The van der Waals surface area contributed by atoms with Crippen LogP contribution in [-0.4, -0.2) is 14.5 Å². The topological polar surface area (TPSA) is 39.9 Å². The largest absolute Gasteiger partial charge is 0.487 e. The summed E-state index contributed by atoms with van der Waals surface area (Å²) in [6.07, 6.45) is 3.70. The first-order valence-electron chi connectivity index (χ1n) is 11.7. The number of rotatable bonds is 7. The third kappa shape index (κ3) is 4.55. The summed E-state index contributed by atoms with van der Waals surface area (Å²) in [4.78, 5) is 11.6. The number of hydrogen-bond donors (Lipinski definition) is 0. The van der Waals surface area contributed by atoms with Crippen molar-refractivity contribution in [1.29, 1.82) is 0 Å². The minimum absolute atomic E-state index is 0.501. The molecule has 0 fully saturated rings. The molecule has 0 spiro atoms. The molecule has 6 rings (SSSR count). The van der Waals surface area contributed by atoms with E-state index >= 15 is 0 Å². The predicted octanol–water partition coefficient (Wildman–Crippen LogP) is 8.02. The molecule has 6 aromatic rings. The van der Waals surface area contributed by atoms with Gasteiger partial charge in [0.2, 0.25) is 0 Å². The van der Waals surface area contributed by atoms with E-state index in [-0.39, 0.29) is 0 Å². The van der Waals surface area contributed by atoms with E-state index in [0.717, 1.165) is 53.6 Å². The summed E-state index contributed by atoms with van der Waals surface area (Å²) in [6, 6.07) is 32.6. The molecule has 0 saturated heterocycles. The number of aromatic nitrogens is 3. The molecule has 176 valence electrons. The molecule has 0 unspecified atom stereocenters. The Labute approximate surface area is 218 Å². The molecular formula is C30H22ClN3OS. The lowest BCUT2D eigenvalue weighted by molar-refractivity contribution is 0.309. The van der Waals surface area contributed by atoms with Crippen LogP contribution in [0.5, 0.6) is 5.75 Å². The van der Waals surface area contributed by atoms with Crippen LogP contribution in [0.15, 0.2) is 119 Å². The first-order valence-corrected chi connectivity index (χ1v) is 12.9. The predicted molar refractivity (Wildman–Crippen MR) is 147 cm³/mol. The maximum absolute atomic E-state index is 6.40. The summed E-state index contributed by atoms with van der Waals surface area (Å²) >= 11 is 8.10. The van der Waals surface area contributed by atoms with E-state index in [1.54, 1.807) is 11.8 Å². The second kappa shape index (κ2) is 10.1. The van der Waals surface area contributed by atoms with Gasteiger partial charge in [-0.15, -0.1) is 0 Å². The normalized spacial score (nSPS) is 11.2. The monoisotopic (exact) mass is 507 g/mol. The van der Waals surface area contributed by atoms with Gasteiger partial charge in [0.05, 0.1) is 18.4 Å². The van der Waals surface area contributed by atoms with Crippen LogP contribution in [0.25, 0.3) is 21.9 Å². The smallest absolute Gasteiger partial charge is 0.146 e. The van der Waals surface area contributed by atoms with Crippen molar-refractivity contribution in [2.45, 2.75) is 22.9 Å². The Bertz CT molecular complexity index is 1670. The van der Waals surface area contributed by atoms with Gasteiger partial charge in [0.15, 0.2) is 0 Å². The van der Waals surface area contributed by atoms with Gasteiger partial charge < -0.3 is 9.30 Å². The molecule has 4 aromatic carbocycles. The maximum atomic E-state index is 6.40. The molecule has 0 aliphatic carbocycles. The molecule has 0 amide bonds. The molecule has 0 radical (unpaired) electrons. The van der Waals surface area contributed by atoms with Crippen LogP contribution in [0, 0.1) is 0 Å². The fraction of sp³-hybridized carbons (Fsp3) is 0.0667. The van der Waals surface area contributed by atoms with E-state index in [9.17, 15) is 0 Å². The van der Waals surface area contributed by atoms with E-state index in [1.165, 1.54) is 0 Å². The average Bonchev–Trinajstić information content (AvgIpc) is 3.34. The molecule has 0 aliphatic heterocycles. The zero-order chi connectivity index (χ0) is 24.3. The van der Waals surface area contributed by atoms with Crippen molar-refractivity contribution in [3.8, 4) is 5.75 Å². The minimum atomic E-state index is 0.501. The van der Waals surface area contributed by atoms with Gasteiger partial charge in [-0.3, -0.25) is 4.98 Å². The molecule has 2 heterocycles. The van der Waals surface area contributed by atoms with Crippen molar-refractivity contribution in [3.63, 3.8) is 0 Å². The number of para-hydroxylation sites is 1. The number of nitrogens with zero attached hydrogens (tertiary/aromatic N) is 3. The number of imidazole rings is 1. The molecule has 0 saturated carbocycles. The SMILES string of the molecule is Clc1ccccc1Cn1cnc2c(Sc3ccc(OCc4ccccc4)c4ncccc34)cccc21. The van der Waals surface area contributed by atoms with Gasteiger partial charge in [-0.25, -0.2) is 4.98 Å². The summed E-state index contributed by atoms with van der Waals surface area (Å²) in [5, 5.41) is 1.82. The van der Waals surface area contributed by atoms with Crippen LogP contribution in [0.2, 0.25) is 5.02 Å². The molecule has 0 aliphatic rings.